The molecule has 4 fully saturated rings. The van der Waals surface area contributed by atoms with Gasteiger partial charge in [-0.3, -0.25) is 9.79 Å². The lowest BCUT2D eigenvalue weighted by Gasteiger charge is -2.73. The minimum atomic E-state index is -4.53. The highest BCUT2D eigenvalue weighted by Gasteiger charge is 2.75. The molecular weight excluding hydrogens is 591 g/mol. The van der Waals surface area contributed by atoms with E-state index < -0.39 is 55.8 Å². The Labute approximate surface area is 247 Å². The number of halogens is 5. The summed E-state index contributed by atoms with van der Waals surface area (Å²) < 4.78 is 96.5. The second-order valence-corrected chi connectivity index (χ2v) is 15.0. The van der Waals surface area contributed by atoms with Crippen LogP contribution < -0.4 is 10.6 Å². The second kappa shape index (κ2) is 9.72. The molecule has 7 rings (SSSR count). The maximum atomic E-state index is 14.5. The van der Waals surface area contributed by atoms with Crippen molar-refractivity contribution < 1.29 is 35.2 Å². The number of alkyl halides is 4. The Morgan fingerprint density at radius 3 is 2.19 bits per heavy atom. The Morgan fingerprint density at radius 2 is 1.65 bits per heavy atom. The van der Waals surface area contributed by atoms with Crippen LogP contribution in [0.25, 0.3) is 0 Å². The molecule has 0 radical (unpaired) electrons. The van der Waals surface area contributed by atoms with E-state index in [-0.39, 0.29) is 23.9 Å². The van der Waals surface area contributed by atoms with E-state index in [0.29, 0.717) is 43.5 Å². The van der Waals surface area contributed by atoms with Gasteiger partial charge >= 0.3 is 6.18 Å². The molecule has 1 aliphatic heterocycles. The zero-order chi connectivity index (χ0) is 31.1. The number of nitrogens with zero attached hydrogens (tertiary/aromatic N) is 2. The van der Waals surface area contributed by atoms with Gasteiger partial charge in [-0.15, -0.1) is 0 Å². The molecule has 2 bridgehead atoms. The van der Waals surface area contributed by atoms with E-state index in [0.717, 1.165) is 30.7 Å². The van der Waals surface area contributed by atoms with E-state index in [1.54, 1.807) is 0 Å². The molecule has 0 spiro atoms. The summed E-state index contributed by atoms with van der Waals surface area (Å²) in [4.78, 5) is 17.6. The van der Waals surface area contributed by atoms with Gasteiger partial charge in [0.2, 0.25) is 15.9 Å². The van der Waals surface area contributed by atoms with Gasteiger partial charge in [-0.1, -0.05) is 12.1 Å². The summed E-state index contributed by atoms with van der Waals surface area (Å²) in [7, 11) is -4.17. The molecule has 2 aromatic carbocycles. The number of amides is 1. The highest BCUT2D eigenvalue weighted by molar-refractivity contribution is 7.89. The molecule has 0 saturated heterocycles. The van der Waals surface area contributed by atoms with Crippen molar-refractivity contribution in [2.75, 3.05) is 6.54 Å². The lowest BCUT2D eigenvalue weighted by Crippen LogP contribution is -2.78. The monoisotopic (exact) mass is 624 g/mol. The Hall–Kier alpha value is -3.06. The number of carbonyl (C=O) groups is 1. The molecule has 43 heavy (non-hydrogen) atoms. The smallest absolute Gasteiger partial charge is 0.366 e. The minimum absolute atomic E-state index is 0.0579. The SMILES string of the molecule is CC1(C)NC(C23CC(N(Cc4ccc(C(F)(F)F)cc4)S(=O)(=O)c4ccc(F)cc4)(C2)C3)=N[C@H]1C(=O)NCC1(F)CCC1. The fraction of sp³-hybridized carbons (Fsp3) is 0.533. The number of rotatable bonds is 9. The van der Waals surface area contributed by atoms with Crippen LogP contribution in [0.1, 0.15) is 63.5 Å². The number of hydrogen-bond donors (Lipinski definition) is 2. The number of hydrogen-bond acceptors (Lipinski definition) is 5. The summed E-state index contributed by atoms with van der Waals surface area (Å²) in [5, 5.41) is 6.05. The quantitative estimate of drug-likeness (QED) is 0.380. The maximum absolute atomic E-state index is 14.5. The van der Waals surface area contributed by atoms with Gasteiger partial charge in [0.1, 0.15) is 17.3 Å². The number of sulfonamides is 1. The van der Waals surface area contributed by atoms with Crippen molar-refractivity contribution in [3.8, 4) is 0 Å². The molecule has 4 aliphatic carbocycles. The van der Waals surface area contributed by atoms with E-state index in [2.05, 4.69) is 10.6 Å². The van der Waals surface area contributed by atoms with Crippen LogP contribution in [0, 0.1) is 11.2 Å². The van der Waals surface area contributed by atoms with Crippen molar-refractivity contribution in [3.05, 3.63) is 65.5 Å². The first-order valence-electron chi connectivity index (χ1n) is 14.2. The summed E-state index contributed by atoms with van der Waals surface area (Å²) in [5.74, 6) is -0.369. The van der Waals surface area contributed by atoms with Gasteiger partial charge in [-0.25, -0.2) is 17.2 Å². The molecule has 7 nitrogen and oxygen atoms in total. The van der Waals surface area contributed by atoms with Crippen LogP contribution in [0.2, 0.25) is 0 Å². The average molecular weight is 625 g/mol. The van der Waals surface area contributed by atoms with Gasteiger partial charge in [0, 0.05) is 17.5 Å². The third-order valence-corrected chi connectivity index (χ3v) is 11.5. The van der Waals surface area contributed by atoms with Gasteiger partial charge in [0.25, 0.3) is 0 Å². The van der Waals surface area contributed by atoms with E-state index in [1.807, 2.05) is 13.8 Å². The highest BCUT2D eigenvalue weighted by Crippen LogP contribution is 2.71. The fourth-order valence-corrected chi connectivity index (χ4v) is 8.64. The Morgan fingerprint density at radius 1 is 1.05 bits per heavy atom. The normalized spacial score (nSPS) is 28.7. The average Bonchev–Trinajstić information content (AvgIpc) is 3.18. The third kappa shape index (κ3) is 5.11. The van der Waals surface area contributed by atoms with Gasteiger partial charge in [-0.2, -0.15) is 17.5 Å². The van der Waals surface area contributed by atoms with Crippen molar-refractivity contribution in [3.63, 3.8) is 0 Å². The van der Waals surface area contributed by atoms with Gasteiger partial charge in [0.15, 0.2) is 6.04 Å². The number of aliphatic imine (C=N–C) groups is 1. The van der Waals surface area contributed by atoms with Crippen LogP contribution in [0.4, 0.5) is 22.0 Å². The first kappa shape index (κ1) is 30.0. The molecule has 2 N–H and O–H groups in total. The lowest BCUT2D eigenvalue weighted by molar-refractivity contribution is -0.151. The van der Waals surface area contributed by atoms with Crippen LogP contribution in [0.5, 0.6) is 0 Å². The lowest BCUT2D eigenvalue weighted by atomic mass is 9.38. The van der Waals surface area contributed by atoms with Crippen LogP contribution in [0.15, 0.2) is 58.4 Å². The summed E-state index contributed by atoms with van der Waals surface area (Å²) in [6.45, 7) is 3.44. The van der Waals surface area contributed by atoms with E-state index in [1.165, 1.54) is 28.6 Å². The standard InChI is InChI=1S/C30H33F5N4O3S/c1-26(2)23(24(40)36-18-28(32)12-3-13-28)37-25(38-26)27-15-29(16-27,17-27)39(43(41,42)22-10-8-21(31)9-11-22)14-19-4-6-20(7-5-19)30(33,34)35/h4-11,23H,3,12-18H2,1-2H3,(H,36,40)(H,37,38)/t23-,27?,29?/m0/s1. The zero-order valence-electron chi connectivity index (χ0n) is 23.8. The molecule has 4 saturated carbocycles. The molecule has 0 unspecified atom stereocenters. The summed E-state index contributed by atoms with van der Waals surface area (Å²) in [6, 6.07) is 8.01. The first-order chi connectivity index (χ1) is 20.0. The van der Waals surface area contributed by atoms with Gasteiger partial charge < -0.3 is 10.6 Å². The molecule has 0 aromatic heterocycles. The van der Waals surface area contributed by atoms with E-state index >= 15 is 0 Å². The predicted octanol–water partition coefficient (Wildman–Crippen LogP) is 5.12. The van der Waals surface area contributed by atoms with Crippen LogP contribution in [-0.4, -0.2) is 53.8 Å². The highest BCUT2D eigenvalue weighted by atomic mass is 32.2. The molecule has 1 heterocycles. The van der Waals surface area contributed by atoms with Crippen molar-refractivity contribution in [2.24, 2.45) is 10.4 Å². The summed E-state index contributed by atoms with van der Waals surface area (Å²) in [5.41, 5.74) is -3.89. The molecule has 1 amide bonds. The van der Waals surface area contributed by atoms with Crippen LogP contribution in [0.3, 0.4) is 0 Å². The Kier molecular flexibility index (Phi) is 6.78. The van der Waals surface area contributed by atoms with E-state index in [4.69, 9.17) is 4.99 Å². The largest absolute Gasteiger partial charge is 0.416 e. The predicted molar refractivity (Wildman–Crippen MR) is 149 cm³/mol. The first-order valence-corrected chi connectivity index (χ1v) is 15.7. The van der Waals surface area contributed by atoms with Crippen molar-refractivity contribution in [1.29, 1.82) is 0 Å². The number of nitrogens with one attached hydrogen (secondary N) is 2. The zero-order valence-corrected chi connectivity index (χ0v) is 24.6. The maximum Gasteiger partial charge on any atom is 0.416 e. The number of amidine groups is 1. The van der Waals surface area contributed by atoms with Gasteiger partial charge in [0.05, 0.1) is 22.5 Å². The topological polar surface area (TPSA) is 90.9 Å². The minimum Gasteiger partial charge on any atom is -0.366 e. The molecule has 13 heteroatoms. The molecular formula is C30H33F5N4O3S. The second-order valence-electron chi connectivity index (χ2n) is 13.1. The molecule has 232 valence electrons. The third-order valence-electron chi connectivity index (χ3n) is 9.50. The Balaban J connectivity index is 1.23. The van der Waals surface area contributed by atoms with Crippen molar-refractivity contribution in [1.82, 2.24) is 14.9 Å². The number of benzene rings is 2. The van der Waals surface area contributed by atoms with Crippen LogP contribution >= 0.6 is 0 Å². The molecule has 5 aliphatic rings. The molecule has 2 aromatic rings. The van der Waals surface area contributed by atoms with Crippen LogP contribution in [-0.2, 0) is 27.5 Å². The number of carbonyl (C=O) groups excluding carboxylic acids is 1. The van der Waals surface area contributed by atoms with Crippen molar-refractivity contribution >= 4 is 21.8 Å². The van der Waals surface area contributed by atoms with Gasteiger partial charge in [-0.05, 0) is 94.3 Å². The fourth-order valence-electron chi connectivity index (χ4n) is 6.89. The Bertz CT molecular complexity index is 1550. The molecule has 1 atom stereocenters. The van der Waals surface area contributed by atoms with E-state index in [9.17, 15) is 35.2 Å². The van der Waals surface area contributed by atoms with Crippen molar-refractivity contribution in [2.45, 2.75) is 92.8 Å². The summed E-state index contributed by atoms with van der Waals surface area (Å²) in [6.07, 6.45) is -1.71. The summed E-state index contributed by atoms with van der Waals surface area (Å²) >= 11 is 0.